The molecule has 5 nitrogen and oxygen atoms in total. The van der Waals surface area contributed by atoms with E-state index >= 15 is 0 Å². The molecule has 0 aliphatic carbocycles. The number of halogens is 2. The highest BCUT2D eigenvalue weighted by Crippen LogP contribution is 2.06. The average Bonchev–Trinajstić information content (AvgIpc) is 2.65. The lowest BCUT2D eigenvalue weighted by Gasteiger charge is -2.12. The first-order chi connectivity index (χ1) is 12.1. The van der Waals surface area contributed by atoms with Crippen molar-refractivity contribution in [2.24, 2.45) is 4.99 Å². The molecular formula is C19H24FIN4O. The van der Waals surface area contributed by atoms with Crippen LogP contribution in [0.3, 0.4) is 0 Å². The zero-order valence-corrected chi connectivity index (χ0v) is 17.2. The molecule has 0 unspecified atom stereocenters. The van der Waals surface area contributed by atoms with Gasteiger partial charge in [0.05, 0.1) is 0 Å². The van der Waals surface area contributed by atoms with Gasteiger partial charge in [0.2, 0.25) is 0 Å². The Labute approximate surface area is 170 Å². The topological polar surface area (TPSA) is 65.5 Å². The van der Waals surface area contributed by atoms with Gasteiger partial charge in [-0.2, -0.15) is 0 Å². The van der Waals surface area contributed by atoms with Crippen LogP contribution in [-0.4, -0.2) is 32.5 Å². The standard InChI is InChI=1S/C19H23FN4O.HI/c1-21-18(25)16-8-5-6-14(12-16)13-24-19(22-2)23-11-10-15-7-3-4-9-17(15)20;/h3-9,12H,10-11,13H2,1-2H3,(H,21,25)(H2,22,23,24);1H. The van der Waals surface area contributed by atoms with Crippen LogP contribution in [0, 0.1) is 5.82 Å². The van der Waals surface area contributed by atoms with Crippen LogP contribution in [0.4, 0.5) is 4.39 Å². The Morgan fingerprint density at radius 2 is 1.88 bits per heavy atom. The maximum atomic E-state index is 13.6. The van der Waals surface area contributed by atoms with Gasteiger partial charge in [0.1, 0.15) is 5.82 Å². The molecule has 3 N–H and O–H groups in total. The van der Waals surface area contributed by atoms with E-state index in [1.165, 1.54) is 6.07 Å². The smallest absolute Gasteiger partial charge is 0.251 e. The number of nitrogens with zero attached hydrogens (tertiary/aromatic N) is 1. The molecule has 1 amide bonds. The summed E-state index contributed by atoms with van der Waals surface area (Å²) in [5.74, 6) is 0.314. The van der Waals surface area contributed by atoms with Crippen LogP contribution < -0.4 is 16.0 Å². The van der Waals surface area contributed by atoms with Crippen molar-refractivity contribution in [1.82, 2.24) is 16.0 Å². The van der Waals surface area contributed by atoms with Crippen LogP contribution in [-0.2, 0) is 13.0 Å². The Bertz CT molecular complexity index is 752. The van der Waals surface area contributed by atoms with Crippen molar-refractivity contribution in [2.75, 3.05) is 20.6 Å². The monoisotopic (exact) mass is 470 g/mol. The SMILES string of the molecule is CN=C(NCCc1ccccc1F)NCc1cccc(C(=O)NC)c1.I. The Kier molecular flexibility index (Phi) is 9.64. The van der Waals surface area contributed by atoms with Crippen LogP contribution in [0.5, 0.6) is 0 Å². The minimum absolute atomic E-state index is 0. The molecule has 26 heavy (non-hydrogen) atoms. The summed E-state index contributed by atoms with van der Waals surface area (Å²) in [6.07, 6.45) is 0.569. The first kappa shape index (κ1) is 21.9. The summed E-state index contributed by atoms with van der Waals surface area (Å²) in [5, 5.41) is 8.95. The quantitative estimate of drug-likeness (QED) is 0.346. The van der Waals surface area contributed by atoms with Gasteiger partial charge in [0, 0.05) is 32.7 Å². The van der Waals surface area contributed by atoms with E-state index in [9.17, 15) is 9.18 Å². The second-order valence-electron chi connectivity index (χ2n) is 5.47. The Hall–Kier alpha value is -2.16. The molecule has 0 aliphatic heterocycles. The van der Waals surface area contributed by atoms with E-state index in [1.807, 2.05) is 24.3 Å². The molecule has 7 heteroatoms. The van der Waals surface area contributed by atoms with Gasteiger partial charge in [-0.1, -0.05) is 30.3 Å². The molecule has 0 saturated carbocycles. The number of aliphatic imine (C=N–C) groups is 1. The number of amides is 1. The fourth-order valence-electron chi connectivity index (χ4n) is 2.39. The molecule has 0 bridgehead atoms. The molecule has 2 rings (SSSR count). The summed E-state index contributed by atoms with van der Waals surface area (Å²) in [5.41, 5.74) is 2.26. The number of carbonyl (C=O) groups is 1. The number of carbonyl (C=O) groups excluding carboxylic acids is 1. The number of hydrogen-bond donors (Lipinski definition) is 3. The second kappa shape index (κ2) is 11.5. The van der Waals surface area contributed by atoms with Crippen LogP contribution in [0.1, 0.15) is 21.5 Å². The van der Waals surface area contributed by atoms with Crippen molar-refractivity contribution in [3.8, 4) is 0 Å². The summed E-state index contributed by atoms with van der Waals surface area (Å²) in [4.78, 5) is 15.8. The van der Waals surface area contributed by atoms with Gasteiger partial charge >= 0.3 is 0 Å². The molecule has 0 saturated heterocycles. The number of guanidine groups is 1. The summed E-state index contributed by atoms with van der Waals surface area (Å²) < 4.78 is 13.6. The van der Waals surface area contributed by atoms with Gasteiger partial charge in [-0.25, -0.2) is 4.39 Å². The third kappa shape index (κ3) is 6.62. The minimum atomic E-state index is -0.196. The van der Waals surface area contributed by atoms with E-state index in [4.69, 9.17) is 0 Å². The lowest BCUT2D eigenvalue weighted by atomic mass is 10.1. The van der Waals surface area contributed by atoms with E-state index in [-0.39, 0.29) is 35.7 Å². The van der Waals surface area contributed by atoms with Crippen LogP contribution in [0.15, 0.2) is 53.5 Å². The normalized spacial score (nSPS) is 10.7. The predicted molar refractivity (Wildman–Crippen MR) is 114 cm³/mol. The van der Waals surface area contributed by atoms with Gasteiger partial charge < -0.3 is 16.0 Å². The maximum absolute atomic E-state index is 13.6. The summed E-state index contributed by atoms with van der Waals surface area (Å²) in [7, 11) is 3.29. The molecule has 2 aromatic rings. The molecule has 2 aromatic carbocycles. The average molecular weight is 470 g/mol. The highest BCUT2D eigenvalue weighted by atomic mass is 127. The van der Waals surface area contributed by atoms with Crippen molar-refractivity contribution < 1.29 is 9.18 Å². The van der Waals surface area contributed by atoms with Crippen molar-refractivity contribution in [3.63, 3.8) is 0 Å². The third-order valence-electron chi connectivity index (χ3n) is 3.74. The highest BCUT2D eigenvalue weighted by Gasteiger charge is 2.05. The van der Waals surface area contributed by atoms with E-state index in [0.29, 0.717) is 36.6 Å². The molecule has 0 fully saturated rings. The van der Waals surface area contributed by atoms with Gasteiger partial charge in [-0.15, -0.1) is 24.0 Å². The molecule has 0 aromatic heterocycles. The zero-order valence-electron chi connectivity index (χ0n) is 14.9. The van der Waals surface area contributed by atoms with E-state index in [2.05, 4.69) is 20.9 Å². The predicted octanol–water partition coefficient (Wildman–Crippen LogP) is 2.71. The largest absolute Gasteiger partial charge is 0.356 e. The van der Waals surface area contributed by atoms with Crippen molar-refractivity contribution >= 4 is 35.8 Å². The second-order valence-corrected chi connectivity index (χ2v) is 5.47. The minimum Gasteiger partial charge on any atom is -0.356 e. The zero-order chi connectivity index (χ0) is 18.1. The number of rotatable bonds is 6. The Morgan fingerprint density at radius 1 is 1.12 bits per heavy atom. The third-order valence-corrected chi connectivity index (χ3v) is 3.74. The molecule has 0 heterocycles. The molecule has 0 aliphatic rings. The van der Waals surface area contributed by atoms with E-state index in [0.717, 1.165) is 5.56 Å². The van der Waals surface area contributed by atoms with Crippen LogP contribution in [0.25, 0.3) is 0 Å². The lowest BCUT2D eigenvalue weighted by molar-refractivity contribution is 0.0963. The molecule has 140 valence electrons. The fourth-order valence-corrected chi connectivity index (χ4v) is 2.39. The van der Waals surface area contributed by atoms with Crippen molar-refractivity contribution in [1.29, 1.82) is 0 Å². The fraction of sp³-hybridized carbons (Fsp3) is 0.263. The van der Waals surface area contributed by atoms with Gasteiger partial charge in [0.15, 0.2) is 5.96 Å². The van der Waals surface area contributed by atoms with E-state index < -0.39 is 0 Å². The molecule has 0 atom stereocenters. The first-order valence-electron chi connectivity index (χ1n) is 8.13. The maximum Gasteiger partial charge on any atom is 0.251 e. The molecule has 0 spiro atoms. The highest BCUT2D eigenvalue weighted by molar-refractivity contribution is 14.0. The van der Waals surface area contributed by atoms with Crippen LogP contribution in [0.2, 0.25) is 0 Å². The van der Waals surface area contributed by atoms with Crippen LogP contribution >= 0.6 is 24.0 Å². The first-order valence-corrected chi connectivity index (χ1v) is 8.13. The molecular weight excluding hydrogens is 446 g/mol. The lowest BCUT2D eigenvalue weighted by Crippen LogP contribution is -2.38. The number of nitrogens with one attached hydrogen (secondary N) is 3. The number of benzene rings is 2. The Morgan fingerprint density at radius 3 is 2.58 bits per heavy atom. The van der Waals surface area contributed by atoms with Gasteiger partial charge in [-0.05, 0) is 35.7 Å². The van der Waals surface area contributed by atoms with Crippen molar-refractivity contribution in [3.05, 3.63) is 71.0 Å². The van der Waals surface area contributed by atoms with Gasteiger partial charge in [-0.3, -0.25) is 9.79 Å². The number of hydrogen-bond acceptors (Lipinski definition) is 2. The summed E-state index contributed by atoms with van der Waals surface area (Å²) in [6, 6.07) is 14.1. The summed E-state index contributed by atoms with van der Waals surface area (Å²) >= 11 is 0. The van der Waals surface area contributed by atoms with Gasteiger partial charge in [0.25, 0.3) is 5.91 Å². The molecule has 0 radical (unpaired) electrons. The Balaban J connectivity index is 0.00000338. The van der Waals surface area contributed by atoms with Crippen molar-refractivity contribution in [2.45, 2.75) is 13.0 Å². The van der Waals surface area contributed by atoms with E-state index in [1.54, 1.807) is 32.3 Å². The summed E-state index contributed by atoms with van der Waals surface area (Å²) in [6.45, 7) is 1.10.